The van der Waals surface area contributed by atoms with Gasteiger partial charge in [-0.1, -0.05) is 31.2 Å². The van der Waals surface area contributed by atoms with Crippen LogP contribution < -0.4 is 0 Å². The van der Waals surface area contributed by atoms with E-state index >= 15 is 0 Å². The SMILES string of the molecule is COC(=O)[C@@H](C)CCC(=O)N1CCc2ccccc2CC1. The number of rotatable bonds is 4. The first-order chi connectivity index (χ1) is 10.1. The van der Waals surface area contributed by atoms with Crippen LogP contribution in [-0.4, -0.2) is 37.0 Å². The highest BCUT2D eigenvalue weighted by Crippen LogP contribution is 2.17. The van der Waals surface area contributed by atoms with Crippen LogP contribution in [0.1, 0.15) is 30.9 Å². The molecule has 21 heavy (non-hydrogen) atoms. The first-order valence-electron chi connectivity index (χ1n) is 7.54. The van der Waals surface area contributed by atoms with E-state index in [9.17, 15) is 9.59 Å². The molecule has 0 N–H and O–H groups in total. The van der Waals surface area contributed by atoms with Crippen LogP contribution in [0.25, 0.3) is 0 Å². The van der Waals surface area contributed by atoms with E-state index in [0.29, 0.717) is 12.8 Å². The van der Waals surface area contributed by atoms with Gasteiger partial charge in [-0.2, -0.15) is 0 Å². The number of nitrogens with zero attached hydrogens (tertiary/aromatic N) is 1. The van der Waals surface area contributed by atoms with Crippen LogP contribution >= 0.6 is 0 Å². The summed E-state index contributed by atoms with van der Waals surface area (Å²) in [5.41, 5.74) is 2.69. The van der Waals surface area contributed by atoms with Crippen LogP contribution in [0.3, 0.4) is 0 Å². The molecule has 0 aromatic heterocycles. The van der Waals surface area contributed by atoms with E-state index in [4.69, 9.17) is 0 Å². The third-order valence-electron chi connectivity index (χ3n) is 4.17. The minimum atomic E-state index is -0.244. The lowest BCUT2D eigenvalue weighted by Gasteiger charge is -2.21. The van der Waals surface area contributed by atoms with Crippen molar-refractivity contribution in [2.24, 2.45) is 5.92 Å². The number of hydrogen-bond acceptors (Lipinski definition) is 3. The quantitative estimate of drug-likeness (QED) is 0.798. The first kappa shape index (κ1) is 15.5. The Kier molecular flexibility index (Phi) is 5.37. The summed E-state index contributed by atoms with van der Waals surface area (Å²) in [7, 11) is 1.38. The number of fused-ring (bicyclic) bond motifs is 1. The molecule has 1 aromatic carbocycles. The van der Waals surface area contributed by atoms with Crippen LogP contribution in [0, 0.1) is 5.92 Å². The summed E-state index contributed by atoms with van der Waals surface area (Å²) in [4.78, 5) is 25.6. The van der Waals surface area contributed by atoms with Crippen molar-refractivity contribution in [2.75, 3.05) is 20.2 Å². The average Bonchev–Trinajstić information content (AvgIpc) is 2.74. The van der Waals surface area contributed by atoms with E-state index in [1.807, 2.05) is 17.0 Å². The number of carbonyl (C=O) groups excluding carboxylic acids is 2. The van der Waals surface area contributed by atoms with Gasteiger partial charge in [-0.25, -0.2) is 0 Å². The molecule has 1 heterocycles. The molecule has 1 aliphatic heterocycles. The Hall–Kier alpha value is -1.84. The largest absolute Gasteiger partial charge is 0.469 e. The number of esters is 1. The summed E-state index contributed by atoms with van der Waals surface area (Å²) in [6, 6.07) is 8.38. The van der Waals surface area contributed by atoms with Crippen LogP contribution in [-0.2, 0) is 27.2 Å². The van der Waals surface area contributed by atoms with Crippen molar-refractivity contribution in [1.82, 2.24) is 4.90 Å². The lowest BCUT2D eigenvalue weighted by Crippen LogP contribution is -2.33. The Morgan fingerprint density at radius 3 is 2.29 bits per heavy atom. The number of carbonyl (C=O) groups is 2. The highest BCUT2D eigenvalue weighted by Gasteiger charge is 2.20. The van der Waals surface area contributed by atoms with Gasteiger partial charge in [0, 0.05) is 19.5 Å². The van der Waals surface area contributed by atoms with Crippen molar-refractivity contribution >= 4 is 11.9 Å². The van der Waals surface area contributed by atoms with E-state index in [2.05, 4.69) is 16.9 Å². The molecule has 0 aliphatic carbocycles. The van der Waals surface area contributed by atoms with Gasteiger partial charge in [-0.05, 0) is 30.4 Å². The molecule has 2 rings (SSSR count). The van der Waals surface area contributed by atoms with E-state index in [1.165, 1.54) is 18.2 Å². The van der Waals surface area contributed by atoms with Crippen LogP contribution in [0.15, 0.2) is 24.3 Å². The number of benzene rings is 1. The maximum Gasteiger partial charge on any atom is 0.308 e. The van der Waals surface area contributed by atoms with Gasteiger partial charge in [0.1, 0.15) is 0 Å². The van der Waals surface area contributed by atoms with Gasteiger partial charge in [0.25, 0.3) is 0 Å². The molecule has 114 valence electrons. The fraction of sp³-hybridized carbons (Fsp3) is 0.529. The van der Waals surface area contributed by atoms with Gasteiger partial charge in [-0.3, -0.25) is 9.59 Å². The lowest BCUT2D eigenvalue weighted by atomic mass is 10.0. The minimum Gasteiger partial charge on any atom is -0.469 e. The molecule has 0 saturated heterocycles. The fourth-order valence-corrected chi connectivity index (χ4v) is 2.73. The fourth-order valence-electron chi connectivity index (χ4n) is 2.73. The van der Waals surface area contributed by atoms with Crippen molar-refractivity contribution in [2.45, 2.75) is 32.6 Å². The number of hydrogen-bond donors (Lipinski definition) is 0. The maximum absolute atomic E-state index is 12.3. The van der Waals surface area contributed by atoms with E-state index < -0.39 is 0 Å². The molecule has 1 aromatic rings. The third kappa shape index (κ3) is 4.06. The molecule has 0 radical (unpaired) electrons. The van der Waals surface area contributed by atoms with E-state index in [0.717, 1.165) is 25.9 Å². The standard InChI is InChI=1S/C17H23NO3/c1-13(17(20)21-2)7-8-16(19)18-11-9-14-5-3-4-6-15(14)10-12-18/h3-6,13H,7-12H2,1-2H3/t13-/m0/s1. The Labute approximate surface area is 126 Å². The second kappa shape index (κ2) is 7.25. The van der Waals surface area contributed by atoms with E-state index in [-0.39, 0.29) is 17.8 Å². The summed E-state index contributed by atoms with van der Waals surface area (Å²) in [6.45, 7) is 3.34. The lowest BCUT2D eigenvalue weighted by molar-refractivity contribution is -0.145. The number of amides is 1. The van der Waals surface area contributed by atoms with Crippen molar-refractivity contribution < 1.29 is 14.3 Å². The molecule has 0 bridgehead atoms. The third-order valence-corrected chi connectivity index (χ3v) is 4.17. The zero-order valence-corrected chi connectivity index (χ0v) is 12.8. The first-order valence-corrected chi connectivity index (χ1v) is 7.54. The minimum absolute atomic E-state index is 0.138. The van der Waals surface area contributed by atoms with Gasteiger partial charge in [0.2, 0.25) is 5.91 Å². The second-order valence-corrected chi connectivity index (χ2v) is 5.61. The Balaban J connectivity index is 1.86. The molecule has 4 heteroatoms. The summed E-state index contributed by atoms with van der Waals surface area (Å²) in [6.07, 6.45) is 2.78. The summed E-state index contributed by atoms with van der Waals surface area (Å²) in [5.74, 6) is -0.326. The Morgan fingerprint density at radius 1 is 1.19 bits per heavy atom. The van der Waals surface area contributed by atoms with E-state index in [1.54, 1.807) is 6.92 Å². The highest BCUT2D eigenvalue weighted by atomic mass is 16.5. The molecular weight excluding hydrogens is 266 g/mol. The predicted molar refractivity (Wildman–Crippen MR) is 80.8 cm³/mol. The molecule has 0 spiro atoms. The zero-order valence-electron chi connectivity index (χ0n) is 12.8. The predicted octanol–water partition coefficient (Wildman–Crippen LogP) is 2.20. The average molecular weight is 289 g/mol. The smallest absolute Gasteiger partial charge is 0.308 e. The zero-order chi connectivity index (χ0) is 15.2. The van der Waals surface area contributed by atoms with Crippen molar-refractivity contribution in [3.63, 3.8) is 0 Å². The van der Waals surface area contributed by atoms with Gasteiger partial charge < -0.3 is 9.64 Å². The molecule has 1 atom stereocenters. The van der Waals surface area contributed by atoms with Crippen LogP contribution in [0.2, 0.25) is 0 Å². The monoisotopic (exact) mass is 289 g/mol. The summed E-state index contributed by atoms with van der Waals surface area (Å²) in [5, 5.41) is 0. The molecule has 4 nitrogen and oxygen atoms in total. The van der Waals surface area contributed by atoms with Gasteiger partial charge >= 0.3 is 5.97 Å². The van der Waals surface area contributed by atoms with Crippen molar-refractivity contribution in [3.05, 3.63) is 35.4 Å². The molecular formula is C17H23NO3. The summed E-state index contributed by atoms with van der Waals surface area (Å²) >= 11 is 0. The molecule has 0 unspecified atom stereocenters. The topological polar surface area (TPSA) is 46.6 Å². The molecule has 1 aliphatic rings. The van der Waals surface area contributed by atoms with Gasteiger partial charge in [0.05, 0.1) is 13.0 Å². The van der Waals surface area contributed by atoms with Gasteiger partial charge in [-0.15, -0.1) is 0 Å². The number of methoxy groups -OCH3 is 1. The molecule has 0 saturated carbocycles. The second-order valence-electron chi connectivity index (χ2n) is 5.61. The normalized spacial score (nSPS) is 15.8. The van der Waals surface area contributed by atoms with Gasteiger partial charge in [0.15, 0.2) is 0 Å². The molecule has 0 fully saturated rings. The highest BCUT2D eigenvalue weighted by molar-refractivity contribution is 5.78. The van der Waals surface area contributed by atoms with Crippen molar-refractivity contribution in [1.29, 1.82) is 0 Å². The maximum atomic E-state index is 12.3. The summed E-state index contributed by atoms with van der Waals surface area (Å²) < 4.78 is 4.69. The van der Waals surface area contributed by atoms with Crippen LogP contribution in [0.5, 0.6) is 0 Å². The Morgan fingerprint density at radius 2 is 1.76 bits per heavy atom. The number of ether oxygens (including phenoxy) is 1. The molecule has 1 amide bonds. The van der Waals surface area contributed by atoms with Crippen LogP contribution in [0.4, 0.5) is 0 Å². The Bertz CT molecular complexity index is 486. The van der Waals surface area contributed by atoms with Crippen molar-refractivity contribution in [3.8, 4) is 0 Å².